The van der Waals surface area contributed by atoms with Gasteiger partial charge in [-0.2, -0.15) is 0 Å². The molecular formula is C12H14BrFN4. The van der Waals surface area contributed by atoms with Crippen LogP contribution in [0.1, 0.15) is 19.2 Å². The van der Waals surface area contributed by atoms with Crippen LogP contribution in [0.5, 0.6) is 0 Å². The van der Waals surface area contributed by atoms with E-state index in [1.165, 1.54) is 10.7 Å². The second-order valence-corrected chi connectivity index (χ2v) is 4.87. The van der Waals surface area contributed by atoms with E-state index in [0.717, 1.165) is 12.8 Å². The highest BCUT2D eigenvalue weighted by Gasteiger charge is 2.15. The van der Waals surface area contributed by atoms with Crippen molar-refractivity contribution in [1.82, 2.24) is 9.66 Å². The minimum atomic E-state index is -0.351. The van der Waals surface area contributed by atoms with Crippen LogP contribution in [0.25, 0.3) is 11.3 Å². The third-order valence-electron chi connectivity index (χ3n) is 2.69. The number of aryl methyl sites for hydroxylation is 1. The number of nitrogens with zero attached hydrogens (tertiary/aromatic N) is 2. The van der Waals surface area contributed by atoms with Crippen LogP contribution in [0.3, 0.4) is 0 Å². The van der Waals surface area contributed by atoms with Gasteiger partial charge in [-0.1, -0.05) is 13.0 Å². The molecule has 0 aliphatic carbocycles. The van der Waals surface area contributed by atoms with Crippen molar-refractivity contribution in [2.75, 3.05) is 11.6 Å². The molecule has 0 unspecified atom stereocenters. The van der Waals surface area contributed by atoms with Crippen molar-refractivity contribution >= 4 is 21.7 Å². The van der Waals surface area contributed by atoms with Crippen LogP contribution in [-0.2, 0) is 6.42 Å². The molecule has 0 aliphatic heterocycles. The Morgan fingerprint density at radius 1 is 1.44 bits per heavy atom. The van der Waals surface area contributed by atoms with E-state index in [1.807, 2.05) is 6.92 Å². The van der Waals surface area contributed by atoms with Crippen LogP contribution in [0.2, 0.25) is 0 Å². The predicted molar refractivity (Wildman–Crippen MR) is 73.9 cm³/mol. The summed E-state index contributed by atoms with van der Waals surface area (Å²) in [6, 6.07) is 4.76. The first kappa shape index (κ1) is 12.9. The summed E-state index contributed by atoms with van der Waals surface area (Å²) in [4.78, 5) is 4.37. The quantitative estimate of drug-likeness (QED) is 0.856. The monoisotopic (exact) mass is 312 g/mol. The highest BCUT2D eigenvalue weighted by Crippen LogP contribution is 2.28. The maximum Gasteiger partial charge on any atom is 0.150 e. The van der Waals surface area contributed by atoms with Crippen molar-refractivity contribution in [3.63, 3.8) is 0 Å². The van der Waals surface area contributed by atoms with Gasteiger partial charge in [0.25, 0.3) is 0 Å². The van der Waals surface area contributed by atoms with E-state index in [-0.39, 0.29) is 5.82 Å². The summed E-state index contributed by atoms with van der Waals surface area (Å²) in [5, 5.41) is 0. The Labute approximate surface area is 113 Å². The summed E-state index contributed by atoms with van der Waals surface area (Å²) in [7, 11) is 0. The smallest absolute Gasteiger partial charge is 0.150 e. The molecule has 0 radical (unpaired) electrons. The molecule has 0 saturated carbocycles. The fourth-order valence-electron chi connectivity index (χ4n) is 1.75. The van der Waals surface area contributed by atoms with Crippen molar-refractivity contribution < 1.29 is 4.39 Å². The first-order chi connectivity index (χ1) is 8.54. The number of halogens is 2. The van der Waals surface area contributed by atoms with Crippen molar-refractivity contribution in [3.05, 3.63) is 34.3 Å². The van der Waals surface area contributed by atoms with E-state index in [9.17, 15) is 4.39 Å². The van der Waals surface area contributed by atoms with Gasteiger partial charge in [0.1, 0.15) is 17.3 Å². The van der Waals surface area contributed by atoms with Gasteiger partial charge in [-0.25, -0.2) is 14.1 Å². The molecule has 18 heavy (non-hydrogen) atoms. The largest absolute Gasteiger partial charge is 0.382 e. The molecule has 0 fully saturated rings. The highest BCUT2D eigenvalue weighted by molar-refractivity contribution is 9.10. The molecule has 2 aromatic rings. The average Bonchev–Trinajstić information content (AvgIpc) is 2.62. The topological polar surface area (TPSA) is 69.9 Å². The molecular weight excluding hydrogens is 299 g/mol. The van der Waals surface area contributed by atoms with Crippen LogP contribution in [0, 0.1) is 5.82 Å². The summed E-state index contributed by atoms with van der Waals surface area (Å²) in [6.07, 6.45) is 1.65. The van der Waals surface area contributed by atoms with Gasteiger partial charge >= 0.3 is 0 Å². The Hall–Kier alpha value is -1.56. The molecule has 0 spiro atoms. The van der Waals surface area contributed by atoms with Crippen LogP contribution in [0.15, 0.2) is 22.7 Å². The first-order valence-corrected chi connectivity index (χ1v) is 6.41. The molecule has 1 aromatic carbocycles. The summed E-state index contributed by atoms with van der Waals surface area (Å²) in [5.41, 5.74) is 7.04. The second kappa shape index (κ2) is 4.97. The van der Waals surface area contributed by atoms with Gasteiger partial charge in [-0.15, -0.1) is 0 Å². The molecule has 4 N–H and O–H groups in total. The van der Waals surface area contributed by atoms with Crippen LogP contribution in [0.4, 0.5) is 10.2 Å². The number of hydrogen-bond acceptors (Lipinski definition) is 3. The van der Waals surface area contributed by atoms with Gasteiger partial charge < -0.3 is 11.6 Å². The van der Waals surface area contributed by atoms with Crippen molar-refractivity contribution in [2.45, 2.75) is 19.8 Å². The second-order valence-electron chi connectivity index (χ2n) is 4.01. The predicted octanol–water partition coefficient (Wildman–Crippen LogP) is 2.70. The van der Waals surface area contributed by atoms with Gasteiger partial charge in [0, 0.05) is 12.0 Å². The average molecular weight is 313 g/mol. The SMILES string of the molecule is CCCc1nc(-c2ccc(Br)c(F)c2)c(N)n1N. The fourth-order valence-corrected chi connectivity index (χ4v) is 2.00. The number of anilines is 1. The van der Waals surface area contributed by atoms with Crippen LogP contribution in [-0.4, -0.2) is 9.66 Å². The molecule has 0 saturated heterocycles. The summed E-state index contributed by atoms with van der Waals surface area (Å²) in [6.45, 7) is 2.03. The van der Waals surface area contributed by atoms with E-state index >= 15 is 0 Å². The summed E-state index contributed by atoms with van der Waals surface area (Å²) >= 11 is 3.11. The molecule has 0 aliphatic rings. The highest BCUT2D eigenvalue weighted by atomic mass is 79.9. The van der Waals surface area contributed by atoms with E-state index < -0.39 is 0 Å². The Kier molecular flexibility index (Phi) is 3.56. The lowest BCUT2D eigenvalue weighted by Gasteiger charge is -2.02. The molecule has 1 heterocycles. The molecule has 4 nitrogen and oxygen atoms in total. The number of imidazole rings is 1. The van der Waals surface area contributed by atoms with Crippen molar-refractivity contribution in [3.8, 4) is 11.3 Å². The number of aromatic nitrogens is 2. The lowest BCUT2D eigenvalue weighted by molar-refractivity contribution is 0.621. The standard InChI is InChI=1S/C12H14BrFN4/c1-2-3-10-17-11(12(15)18(10)16)7-4-5-8(13)9(14)6-7/h4-6H,2-3,15-16H2,1H3. The van der Waals surface area contributed by atoms with E-state index in [0.29, 0.717) is 27.4 Å². The normalized spacial score (nSPS) is 10.8. The molecule has 2 rings (SSSR count). The lowest BCUT2D eigenvalue weighted by Crippen LogP contribution is -2.15. The van der Waals surface area contributed by atoms with Gasteiger partial charge in [-0.3, -0.25) is 0 Å². The van der Waals surface area contributed by atoms with Gasteiger partial charge in [0.2, 0.25) is 0 Å². The maximum atomic E-state index is 13.5. The fraction of sp³-hybridized carbons (Fsp3) is 0.250. The number of nitrogens with two attached hydrogens (primary N) is 2. The van der Waals surface area contributed by atoms with E-state index in [2.05, 4.69) is 20.9 Å². The van der Waals surface area contributed by atoms with Crippen LogP contribution < -0.4 is 11.6 Å². The van der Waals surface area contributed by atoms with E-state index in [1.54, 1.807) is 12.1 Å². The summed E-state index contributed by atoms with van der Waals surface area (Å²) < 4.78 is 15.3. The van der Waals surface area contributed by atoms with Crippen molar-refractivity contribution in [2.24, 2.45) is 0 Å². The molecule has 6 heteroatoms. The van der Waals surface area contributed by atoms with Crippen molar-refractivity contribution in [1.29, 1.82) is 0 Å². The molecule has 0 amide bonds. The Morgan fingerprint density at radius 2 is 2.17 bits per heavy atom. The zero-order chi connectivity index (χ0) is 13.3. The Bertz CT molecular complexity index is 580. The maximum absolute atomic E-state index is 13.5. The Morgan fingerprint density at radius 3 is 2.78 bits per heavy atom. The molecule has 0 atom stereocenters. The minimum Gasteiger partial charge on any atom is -0.382 e. The minimum absolute atomic E-state index is 0.347. The third kappa shape index (κ3) is 2.20. The number of benzene rings is 1. The van der Waals surface area contributed by atoms with Crippen LogP contribution >= 0.6 is 15.9 Å². The van der Waals surface area contributed by atoms with Gasteiger partial charge in [0.15, 0.2) is 5.82 Å². The van der Waals surface area contributed by atoms with E-state index in [4.69, 9.17) is 11.6 Å². The molecule has 0 bridgehead atoms. The zero-order valence-electron chi connectivity index (χ0n) is 9.95. The van der Waals surface area contributed by atoms with Gasteiger partial charge in [0.05, 0.1) is 4.47 Å². The Balaban J connectivity index is 2.50. The lowest BCUT2D eigenvalue weighted by atomic mass is 10.1. The third-order valence-corrected chi connectivity index (χ3v) is 3.33. The molecule has 1 aromatic heterocycles. The number of nitrogen functional groups attached to an aromatic ring is 2. The number of hydrogen-bond donors (Lipinski definition) is 2. The van der Waals surface area contributed by atoms with Gasteiger partial charge in [-0.05, 0) is 34.5 Å². The first-order valence-electron chi connectivity index (χ1n) is 5.62. The molecule has 96 valence electrons. The summed E-state index contributed by atoms with van der Waals surface area (Å²) in [5.74, 6) is 6.52. The number of rotatable bonds is 3. The zero-order valence-corrected chi connectivity index (χ0v) is 11.5.